The lowest BCUT2D eigenvalue weighted by Gasteiger charge is -2.30. The number of benzene rings is 3. The molecular formula is C22H19Cl2NO4S. The number of hydrogen-bond acceptors (Lipinski definition) is 4. The van der Waals surface area contributed by atoms with Gasteiger partial charge in [-0.15, -0.1) is 0 Å². The second-order valence-corrected chi connectivity index (χ2v) is 9.93. The van der Waals surface area contributed by atoms with Crippen LogP contribution in [0.1, 0.15) is 12.8 Å². The average Bonchev–Trinajstić information content (AvgIpc) is 2.75. The summed E-state index contributed by atoms with van der Waals surface area (Å²) in [5.74, 6) is -0.222. The first kappa shape index (κ1) is 21.1. The normalized spacial score (nSPS) is 15.9. The molecular weight excluding hydrogens is 445 g/mol. The van der Waals surface area contributed by atoms with Crippen molar-refractivity contribution in [3.05, 3.63) is 70.7 Å². The van der Waals surface area contributed by atoms with Gasteiger partial charge in [0.2, 0.25) is 10.0 Å². The third kappa shape index (κ3) is 4.32. The monoisotopic (exact) mass is 463 g/mol. The smallest absolute Gasteiger partial charge is 0.314 e. The van der Waals surface area contributed by atoms with Crippen LogP contribution >= 0.6 is 23.2 Å². The first-order valence-electron chi connectivity index (χ1n) is 9.50. The Hall–Kier alpha value is -2.12. The van der Waals surface area contributed by atoms with Crippen LogP contribution in [0.25, 0.3) is 10.8 Å². The van der Waals surface area contributed by atoms with E-state index >= 15 is 0 Å². The Kier molecular flexibility index (Phi) is 6.02. The molecule has 5 nitrogen and oxygen atoms in total. The van der Waals surface area contributed by atoms with Gasteiger partial charge in [-0.3, -0.25) is 4.79 Å². The summed E-state index contributed by atoms with van der Waals surface area (Å²) in [6.45, 7) is 0.422. The highest BCUT2D eigenvalue weighted by molar-refractivity contribution is 7.89. The van der Waals surface area contributed by atoms with Crippen molar-refractivity contribution < 1.29 is 17.9 Å². The van der Waals surface area contributed by atoms with Crippen molar-refractivity contribution in [2.45, 2.75) is 17.7 Å². The van der Waals surface area contributed by atoms with Crippen LogP contribution in [0.15, 0.2) is 65.6 Å². The summed E-state index contributed by atoms with van der Waals surface area (Å²) in [5.41, 5.74) is 0. The lowest BCUT2D eigenvalue weighted by Crippen LogP contribution is -2.41. The number of esters is 1. The van der Waals surface area contributed by atoms with E-state index in [1.54, 1.807) is 6.07 Å². The molecule has 0 spiro atoms. The van der Waals surface area contributed by atoms with Crippen molar-refractivity contribution in [1.29, 1.82) is 0 Å². The van der Waals surface area contributed by atoms with Gasteiger partial charge in [-0.1, -0.05) is 53.5 Å². The molecule has 0 aliphatic carbocycles. The number of hydrogen-bond donors (Lipinski definition) is 0. The molecule has 30 heavy (non-hydrogen) atoms. The standard InChI is InChI=1S/C22H19Cl2NO4S/c23-18-6-8-20(24)21(14-18)30(27,28)25-11-9-16(10-12-25)22(26)29-19-7-5-15-3-1-2-4-17(15)13-19/h1-8,13-14,16H,9-12H2. The molecule has 4 rings (SSSR count). The van der Waals surface area contributed by atoms with Crippen LogP contribution in [-0.4, -0.2) is 31.8 Å². The summed E-state index contributed by atoms with van der Waals surface area (Å²) in [6, 6.07) is 17.7. The van der Waals surface area contributed by atoms with Gasteiger partial charge in [-0.05, 0) is 53.9 Å². The van der Waals surface area contributed by atoms with Crippen LogP contribution in [0, 0.1) is 5.92 Å². The summed E-state index contributed by atoms with van der Waals surface area (Å²) >= 11 is 12.0. The number of halogens is 2. The van der Waals surface area contributed by atoms with Crippen molar-refractivity contribution in [3.63, 3.8) is 0 Å². The first-order valence-corrected chi connectivity index (χ1v) is 11.7. The molecule has 1 aliphatic heterocycles. The Bertz CT molecular complexity index is 1200. The summed E-state index contributed by atoms with van der Waals surface area (Å²) in [5, 5.41) is 2.47. The zero-order valence-corrected chi connectivity index (χ0v) is 18.3. The topological polar surface area (TPSA) is 63.7 Å². The molecule has 1 heterocycles. The summed E-state index contributed by atoms with van der Waals surface area (Å²) < 4.78 is 32.7. The zero-order valence-electron chi connectivity index (χ0n) is 15.9. The molecule has 3 aromatic carbocycles. The largest absolute Gasteiger partial charge is 0.426 e. The fourth-order valence-corrected chi connectivity index (χ4v) is 5.78. The maximum Gasteiger partial charge on any atom is 0.314 e. The third-order valence-electron chi connectivity index (χ3n) is 5.24. The molecule has 1 aliphatic rings. The zero-order chi connectivity index (χ0) is 21.3. The third-order valence-corrected chi connectivity index (χ3v) is 7.85. The minimum absolute atomic E-state index is 0.0196. The summed E-state index contributed by atoms with van der Waals surface area (Å²) in [7, 11) is -3.78. The van der Waals surface area contributed by atoms with Gasteiger partial charge in [0.05, 0.1) is 10.9 Å². The number of carbonyl (C=O) groups excluding carboxylic acids is 1. The fraction of sp³-hybridized carbons (Fsp3) is 0.227. The van der Waals surface area contributed by atoms with E-state index in [-0.39, 0.29) is 34.9 Å². The van der Waals surface area contributed by atoms with Crippen LogP contribution in [0.5, 0.6) is 5.75 Å². The lowest BCUT2D eigenvalue weighted by atomic mass is 9.98. The Morgan fingerprint density at radius 3 is 2.37 bits per heavy atom. The van der Waals surface area contributed by atoms with Crippen molar-refractivity contribution >= 4 is 50.0 Å². The van der Waals surface area contributed by atoms with E-state index in [0.29, 0.717) is 23.6 Å². The van der Waals surface area contributed by atoms with E-state index in [1.165, 1.54) is 22.5 Å². The van der Waals surface area contributed by atoms with E-state index in [0.717, 1.165) is 10.8 Å². The van der Waals surface area contributed by atoms with Gasteiger partial charge in [-0.25, -0.2) is 8.42 Å². The van der Waals surface area contributed by atoms with Crippen LogP contribution in [0.4, 0.5) is 0 Å². The summed E-state index contributed by atoms with van der Waals surface area (Å²) in [4.78, 5) is 12.6. The molecule has 1 fully saturated rings. The molecule has 0 atom stereocenters. The molecule has 3 aromatic rings. The molecule has 0 radical (unpaired) electrons. The minimum Gasteiger partial charge on any atom is -0.426 e. The highest BCUT2D eigenvalue weighted by Gasteiger charge is 2.34. The van der Waals surface area contributed by atoms with Crippen molar-refractivity contribution in [2.75, 3.05) is 13.1 Å². The number of piperidine rings is 1. The predicted octanol–water partition coefficient (Wildman–Crippen LogP) is 5.15. The SMILES string of the molecule is O=C(Oc1ccc2ccccc2c1)C1CCN(S(=O)(=O)c2cc(Cl)ccc2Cl)CC1. The Morgan fingerprint density at radius 2 is 1.63 bits per heavy atom. The van der Waals surface area contributed by atoms with Crippen molar-refractivity contribution in [3.8, 4) is 5.75 Å². The minimum atomic E-state index is -3.78. The van der Waals surface area contributed by atoms with E-state index in [2.05, 4.69) is 0 Å². The van der Waals surface area contributed by atoms with Gasteiger partial charge < -0.3 is 4.74 Å². The quantitative estimate of drug-likeness (QED) is 0.396. The summed E-state index contributed by atoms with van der Waals surface area (Å²) in [6.07, 6.45) is 0.758. The van der Waals surface area contributed by atoms with Crippen LogP contribution in [-0.2, 0) is 14.8 Å². The number of ether oxygens (including phenoxy) is 1. The fourth-order valence-electron chi connectivity index (χ4n) is 3.58. The van der Waals surface area contributed by atoms with E-state index in [9.17, 15) is 13.2 Å². The average molecular weight is 464 g/mol. The van der Waals surface area contributed by atoms with E-state index in [4.69, 9.17) is 27.9 Å². The molecule has 0 unspecified atom stereocenters. The molecule has 0 aromatic heterocycles. The number of fused-ring (bicyclic) bond motifs is 1. The second kappa shape index (κ2) is 8.55. The Labute approximate surface area is 185 Å². The van der Waals surface area contributed by atoms with Gasteiger partial charge in [0, 0.05) is 18.1 Å². The highest BCUT2D eigenvalue weighted by atomic mass is 35.5. The molecule has 1 saturated heterocycles. The molecule has 0 bridgehead atoms. The van der Waals surface area contributed by atoms with Gasteiger partial charge >= 0.3 is 5.97 Å². The second-order valence-electron chi connectivity index (χ2n) is 7.18. The molecule has 0 N–H and O–H groups in total. The van der Waals surface area contributed by atoms with Crippen molar-refractivity contribution in [2.24, 2.45) is 5.92 Å². The lowest BCUT2D eigenvalue weighted by molar-refractivity contribution is -0.140. The van der Waals surface area contributed by atoms with Crippen LogP contribution in [0.3, 0.4) is 0 Å². The van der Waals surface area contributed by atoms with Gasteiger partial charge in [0.1, 0.15) is 10.6 Å². The van der Waals surface area contributed by atoms with Gasteiger partial charge in [-0.2, -0.15) is 4.31 Å². The molecule has 8 heteroatoms. The molecule has 0 saturated carbocycles. The number of rotatable bonds is 4. The number of nitrogens with zero attached hydrogens (tertiary/aromatic N) is 1. The van der Waals surface area contributed by atoms with E-state index in [1.807, 2.05) is 36.4 Å². The van der Waals surface area contributed by atoms with Gasteiger partial charge in [0.25, 0.3) is 0 Å². The number of sulfonamides is 1. The van der Waals surface area contributed by atoms with Crippen LogP contribution in [0.2, 0.25) is 10.0 Å². The Balaban J connectivity index is 1.42. The van der Waals surface area contributed by atoms with Crippen LogP contribution < -0.4 is 4.74 Å². The van der Waals surface area contributed by atoms with E-state index < -0.39 is 10.0 Å². The molecule has 0 amide bonds. The highest BCUT2D eigenvalue weighted by Crippen LogP contribution is 2.31. The van der Waals surface area contributed by atoms with Crippen molar-refractivity contribution in [1.82, 2.24) is 4.31 Å². The van der Waals surface area contributed by atoms with Gasteiger partial charge in [0.15, 0.2) is 0 Å². The first-order chi connectivity index (χ1) is 14.3. The predicted molar refractivity (Wildman–Crippen MR) is 118 cm³/mol. The Morgan fingerprint density at radius 1 is 0.933 bits per heavy atom. The maximum atomic E-state index is 12.9. The molecule has 156 valence electrons. The number of carbonyl (C=O) groups is 1. The maximum absolute atomic E-state index is 12.9.